The van der Waals surface area contributed by atoms with Gasteiger partial charge in [0.05, 0.1) is 11.7 Å². The predicted octanol–water partition coefficient (Wildman–Crippen LogP) is 3.33. The van der Waals surface area contributed by atoms with E-state index in [0.717, 1.165) is 32.1 Å². The van der Waals surface area contributed by atoms with Crippen LogP contribution in [0.2, 0.25) is 0 Å². The van der Waals surface area contributed by atoms with Gasteiger partial charge in [0.25, 0.3) is 0 Å². The first-order valence-electron chi connectivity index (χ1n) is 7.04. The van der Waals surface area contributed by atoms with Crippen LogP contribution in [0, 0.1) is 0 Å². The molecule has 1 fully saturated rings. The Morgan fingerprint density at radius 2 is 1.89 bits per heavy atom. The van der Waals surface area contributed by atoms with Crippen molar-refractivity contribution in [3.05, 3.63) is 35.9 Å². The second kappa shape index (κ2) is 6.35. The van der Waals surface area contributed by atoms with E-state index in [4.69, 9.17) is 4.74 Å². The molecule has 1 N–H and O–H groups in total. The molecule has 1 saturated carbocycles. The Labute approximate surface area is 110 Å². The number of hydrogen-bond donors (Lipinski definition) is 1. The molecule has 0 spiro atoms. The highest BCUT2D eigenvalue weighted by Crippen LogP contribution is 2.37. The Bertz CT molecular complexity index is 341. The largest absolute Gasteiger partial charge is 0.390 e. The molecule has 0 aliphatic heterocycles. The number of aliphatic hydroxyl groups excluding tert-OH is 1. The third-order valence-electron chi connectivity index (χ3n) is 4.25. The fourth-order valence-electron chi connectivity index (χ4n) is 3.05. The van der Waals surface area contributed by atoms with Crippen molar-refractivity contribution in [3.8, 4) is 0 Å². The molecule has 0 saturated heterocycles. The number of benzene rings is 1. The molecule has 1 atom stereocenters. The van der Waals surface area contributed by atoms with Crippen LogP contribution in [-0.4, -0.2) is 23.9 Å². The van der Waals surface area contributed by atoms with E-state index in [1.54, 1.807) is 7.11 Å². The van der Waals surface area contributed by atoms with Crippen LogP contribution < -0.4 is 0 Å². The molecule has 100 valence electrons. The van der Waals surface area contributed by atoms with E-state index < -0.39 is 0 Å². The smallest absolute Gasteiger partial charge is 0.0936 e. The molecule has 2 heteroatoms. The zero-order valence-corrected chi connectivity index (χ0v) is 11.3. The van der Waals surface area contributed by atoms with Gasteiger partial charge >= 0.3 is 0 Å². The zero-order chi connectivity index (χ0) is 12.8. The molecule has 0 radical (unpaired) electrons. The molecule has 2 rings (SSSR count). The number of hydrogen-bond acceptors (Lipinski definition) is 2. The summed E-state index contributed by atoms with van der Waals surface area (Å²) >= 11 is 0. The van der Waals surface area contributed by atoms with Crippen molar-refractivity contribution in [1.29, 1.82) is 0 Å². The fourth-order valence-corrected chi connectivity index (χ4v) is 3.05. The molecule has 1 unspecified atom stereocenters. The maximum Gasteiger partial charge on any atom is 0.0936 e. The van der Waals surface area contributed by atoms with E-state index >= 15 is 0 Å². The summed E-state index contributed by atoms with van der Waals surface area (Å²) in [5, 5.41) is 10.4. The van der Waals surface area contributed by atoms with Crippen LogP contribution >= 0.6 is 0 Å². The lowest BCUT2D eigenvalue weighted by Gasteiger charge is -2.33. The van der Waals surface area contributed by atoms with E-state index in [1.165, 1.54) is 18.4 Å². The number of ether oxygens (including phenoxy) is 1. The summed E-state index contributed by atoms with van der Waals surface area (Å²) in [5.74, 6) is 0. The number of methoxy groups -OCH3 is 1. The standard InChI is InChI=1S/C16H24O2/c1-18-16(12-5-6-13-16)15(17)11-7-10-14-8-3-2-4-9-14/h2-4,8-9,15,17H,5-7,10-13H2,1H3. The summed E-state index contributed by atoms with van der Waals surface area (Å²) in [5.41, 5.74) is 1.10. The number of aliphatic hydroxyl groups is 1. The van der Waals surface area contributed by atoms with Gasteiger partial charge in [0.15, 0.2) is 0 Å². The SMILES string of the molecule is COC1(C(O)CCCc2ccccc2)CCCC1. The molecule has 0 amide bonds. The van der Waals surface area contributed by atoms with Gasteiger partial charge in [0.2, 0.25) is 0 Å². The summed E-state index contributed by atoms with van der Waals surface area (Å²) in [6.45, 7) is 0. The fraction of sp³-hybridized carbons (Fsp3) is 0.625. The van der Waals surface area contributed by atoms with Crippen molar-refractivity contribution >= 4 is 0 Å². The lowest BCUT2D eigenvalue weighted by molar-refractivity contribution is -0.101. The van der Waals surface area contributed by atoms with Gasteiger partial charge in [-0.25, -0.2) is 0 Å². The molecule has 18 heavy (non-hydrogen) atoms. The average molecular weight is 248 g/mol. The van der Waals surface area contributed by atoms with Crippen LogP contribution in [0.15, 0.2) is 30.3 Å². The summed E-state index contributed by atoms with van der Waals surface area (Å²) in [6, 6.07) is 10.5. The van der Waals surface area contributed by atoms with Crippen LogP contribution in [0.25, 0.3) is 0 Å². The lowest BCUT2D eigenvalue weighted by Crippen LogP contribution is -2.41. The van der Waals surface area contributed by atoms with Gasteiger partial charge in [-0.15, -0.1) is 0 Å². The molecule has 1 aromatic carbocycles. The van der Waals surface area contributed by atoms with Gasteiger partial charge in [-0.3, -0.25) is 0 Å². The minimum absolute atomic E-state index is 0.253. The molecule has 1 aliphatic carbocycles. The Hall–Kier alpha value is -0.860. The Morgan fingerprint density at radius 1 is 1.22 bits per heavy atom. The van der Waals surface area contributed by atoms with E-state index in [2.05, 4.69) is 24.3 Å². The number of aryl methyl sites for hydroxylation is 1. The molecular formula is C16H24O2. The van der Waals surface area contributed by atoms with E-state index in [0.29, 0.717) is 0 Å². The zero-order valence-electron chi connectivity index (χ0n) is 11.3. The summed E-state index contributed by atoms with van der Waals surface area (Å²) in [7, 11) is 1.74. The minimum atomic E-state index is -0.311. The second-order valence-corrected chi connectivity index (χ2v) is 5.37. The van der Waals surface area contributed by atoms with Gasteiger partial charge in [0, 0.05) is 7.11 Å². The normalized spacial score (nSPS) is 19.9. The summed E-state index contributed by atoms with van der Waals surface area (Å²) < 4.78 is 5.61. The van der Waals surface area contributed by atoms with Crippen LogP contribution in [0.1, 0.15) is 44.1 Å². The minimum Gasteiger partial charge on any atom is -0.390 e. The van der Waals surface area contributed by atoms with Crippen molar-refractivity contribution < 1.29 is 9.84 Å². The second-order valence-electron chi connectivity index (χ2n) is 5.37. The summed E-state index contributed by atoms with van der Waals surface area (Å²) in [4.78, 5) is 0. The van der Waals surface area contributed by atoms with Crippen molar-refractivity contribution in [3.63, 3.8) is 0 Å². The van der Waals surface area contributed by atoms with Gasteiger partial charge in [-0.05, 0) is 37.7 Å². The third kappa shape index (κ3) is 3.12. The highest BCUT2D eigenvalue weighted by Gasteiger charge is 2.40. The highest BCUT2D eigenvalue weighted by molar-refractivity contribution is 5.14. The number of rotatable bonds is 6. The first-order chi connectivity index (χ1) is 8.77. The molecule has 1 aliphatic rings. The Morgan fingerprint density at radius 3 is 2.50 bits per heavy atom. The van der Waals surface area contributed by atoms with Crippen molar-refractivity contribution in [2.75, 3.05) is 7.11 Å². The van der Waals surface area contributed by atoms with Crippen LogP contribution in [0.3, 0.4) is 0 Å². The highest BCUT2D eigenvalue weighted by atomic mass is 16.5. The maximum absolute atomic E-state index is 10.4. The first-order valence-corrected chi connectivity index (χ1v) is 7.04. The van der Waals surface area contributed by atoms with Gasteiger partial charge < -0.3 is 9.84 Å². The lowest BCUT2D eigenvalue weighted by atomic mass is 9.90. The molecule has 0 heterocycles. The van der Waals surface area contributed by atoms with E-state index in [-0.39, 0.29) is 11.7 Å². The van der Waals surface area contributed by atoms with Crippen LogP contribution in [0.4, 0.5) is 0 Å². The average Bonchev–Trinajstić information content (AvgIpc) is 2.90. The van der Waals surface area contributed by atoms with Crippen molar-refractivity contribution in [2.24, 2.45) is 0 Å². The molecule has 0 aromatic heterocycles. The van der Waals surface area contributed by atoms with Crippen LogP contribution in [-0.2, 0) is 11.2 Å². The quantitative estimate of drug-likeness (QED) is 0.836. The van der Waals surface area contributed by atoms with Crippen molar-refractivity contribution in [1.82, 2.24) is 0 Å². The van der Waals surface area contributed by atoms with Crippen molar-refractivity contribution in [2.45, 2.75) is 56.7 Å². The van der Waals surface area contributed by atoms with Gasteiger partial charge in [0.1, 0.15) is 0 Å². The molecule has 1 aromatic rings. The predicted molar refractivity (Wildman–Crippen MR) is 73.6 cm³/mol. The van der Waals surface area contributed by atoms with Crippen LogP contribution in [0.5, 0.6) is 0 Å². The van der Waals surface area contributed by atoms with Gasteiger partial charge in [-0.2, -0.15) is 0 Å². The topological polar surface area (TPSA) is 29.5 Å². The Balaban J connectivity index is 1.79. The maximum atomic E-state index is 10.4. The molecule has 0 bridgehead atoms. The van der Waals surface area contributed by atoms with E-state index in [9.17, 15) is 5.11 Å². The van der Waals surface area contributed by atoms with Gasteiger partial charge in [-0.1, -0.05) is 43.2 Å². The first kappa shape index (κ1) is 13.6. The monoisotopic (exact) mass is 248 g/mol. The molecular weight excluding hydrogens is 224 g/mol. The third-order valence-corrected chi connectivity index (χ3v) is 4.25. The van der Waals surface area contributed by atoms with E-state index in [1.807, 2.05) is 6.07 Å². The molecule has 2 nitrogen and oxygen atoms in total. The summed E-state index contributed by atoms with van der Waals surface area (Å²) in [6.07, 6.45) is 6.98. The Kier molecular flexibility index (Phi) is 4.79.